The summed E-state index contributed by atoms with van der Waals surface area (Å²) in [5, 5.41) is 22.9. The van der Waals surface area contributed by atoms with E-state index in [0.29, 0.717) is 5.69 Å². The van der Waals surface area contributed by atoms with E-state index in [-0.39, 0.29) is 17.3 Å². The summed E-state index contributed by atoms with van der Waals surface area (Å²) in [6.07, 6.45) is 3.52. The van der Waals surface area contributed by atoms with Gasteiger partial charge < -0.3 is 9.88 Å². The van der Waals surface area contributed by atoms with Crippen LogP contribution in [0.25, 0.3) is 0 Å². The fourth-order valence-corrected chi connectivity index (χ4v) is 1.96. The predicted octanol–water partition coefficient (Wildman–Crippen LogP) is 2.37. The molecule has 20 heavy (non-hydrogen) atoms. The van der Waals surface area contributed by atoms with E-state index in [9.17, 15) is 10.1 Å². The second-order valence-corrected chi connectivity index (χ2v) is 4.36. The summed E-state index contributed by atoms with van der Waals surface area (Å²) in [5.41, 5.74) is 0.686. The lowest BCUT2D eigenvalue weighted by Gasteiger charge is -2.15. The van der Waals surface area contributed by atoms with Gasteiger partial charge in [0.25, 0.3) is 5.69 Å². The number of nitrogens with one attached hydrogen (secondary N) is 1. The molecule has 0 aliphatic rings. The second kappa shape index (κ2) is 5.40. The highest BCUT2D eigenvalue weighted by Gasteiger charge is 2.15. The Bertz CT molecular complexity index is 686. The highest BCUT2D eigenvalue weighted by atomic mass is 16.6. The number of nitriles is 1. The minimum atomic E-state index is -0.521. The molecule has 1 N–H and O–H groups in total. The number of aryl methyl sites for hydroxylation is 1. The van der Waals surface area contributed by atoms with Gasteiger partial charge >= 0.3 is 0 Å². The number of rotatable bonds is 4. The Hall–Kier alpha value is -2.88. The van der Waals surface area contributed by atoms with Gasteiger partial charge in [0.1, 0.15) is 11.9 Å². The third-order valence-corrected chi connectivity index (χ3v) is 2.95. The van der Waals surface area contributed by atoms with E-state index in [0.717, 1.165) is 5.82 Å². The standard InChI is InChI=1S/C13H13N5O2/c1-9(13-15-5-6-17(13)2)16-12-4-3-11(18(19)20)7-10(12)8-14/h3-7,9,16H,1-2H3. The monoisotopic (exact) mass is 271 g/mol. The molecule has 2 rings (SSSR count). The van der Waals surface area contributed by atoms with Crippen molar-refractivity contribution in [3.8, 4) is 6.07 Å². The van der Waals surface area contributed by atoms with Gasteiger partial charge in [0, 0.05) is 31.6 Å². The van der Waals surface area contributed by atoms with Gasteiger partial charge in [-0.1, -0.05) is 0 Å². The Morgan fingerprint density at radius 3 is 2.85 bits per heavy atom. The maximum absolute atomic E-state index is 10.7. The first-order chi connectivity index (χ1) is 9.52. The fraction of sp³-hybridized carbons (Fsp3) is 0.231. The Morgan fingerprint density at radius 1 is 1.55 bits per heavy atom. The number of non-ortho nitro benzene ring substituents is 1. The van der Waals surface area contributed by atoms with E-state index in [1.54, 1.807) is 6.20 Å². The van der Waals surface area contributed by atoms with Crippen LogP contribution in [0.15, 0.2) is 30.6 Å². The summed E-state index contributed by atoms with van der Waals surface area (Å²) in [7, 11) is 1.88. The number of nitro groups is 1. The van der Waals surface area contributed by atoms with Crippen LogP contribution in [0.4, 0.5) is 11.4 Å². The van der Waals surface area contributed by atoms with E-state index in [2.05, 4.69) is 10.3 Å². The molecular formula is C13H13N5O2. The van der Waals surface area contributed by atoms with Crippen LogP contribution in [-0.4, -0.2) is 14.5 Å². The zero-order valence-electron chi connectivity index (χ0n) is 11.1. The van der Waals surface area contributed by atoms with Gasteiger partial charge in [-0.25, -0.2) is 4.98 Å². The minimum absolute atomic E-state index is 0.100. The fourth-order valence-electron chi connectivity index (χ4n) is 1.96. The van der Waals surface area contributed by atoms with Crippen LogP contribution in [0.1, 0.15) is 24.4 Å². The number of hydrogen-bond donors (Lipinski definition) is 1. The number of aromatic nitrogens is 2. The molecular weight excluding hydrogens is 258 g/mol. The SMILES string of the molecule is CC(Nc1ccc([N+](=O)[O-])cc1C#N)c1nccn1C. The molecule has 0 saturated heterocycles. The second-order valence-electron chi connectivity index (χ2n) is 4.36. The Labute approximate surface area is 115 Å². The minimum Gasteiger partial charge on any atom is -0.374 e. The lowest BCUT2D eigenvalue weighted by molar-refractivity contribution is -0.384. The van der Waals surface area contributed by atoms with Crippen LogP contribution in [0.5, 0.6) is 0 Å². The molecule has 2 aromatic rings. The van der Waals surface area contributed by atoms with Gasteiger partial charge in [-0.3, -0.25) is 10.1 Å². The number of nitro benzene ring substituents is 1. The maximum atomic E-state index is 10.7. The van der Waals surface area contributed by atoms with E-state index in [4.69, 9.17) is 5.26 Å². The van der Waals surface area contributed by atoms with Crippen LogP contribution in [0, 0.1) is 21.4 Å². The van der Waals surface area contributed by atoms with Crippen LogP contribution >= 0.6 is 0 Å². The molecule has 0 radical (unpaired) electrons. The van der Waals surface area contributed by atoms with Gasteiger partial charge in [-0.05, 0) is 13.0 Å². The maximum Gasteiger partial charge on any atom is 0.270 e. The van der Waals surface area contributed by atoms with Crippen molar-refractivity contribution in [2.24, 2.45) is 7.05 Å². The average Bonchev–Trinajstić information content (AvgIpc) is 2.85. The van der Waals surface area contributed by atoms with Gasteiger partial charge in [0.05, 0.1) is 22.2 Å². The molecule has 0 spiro atoms. The van der Waals surface area contributed by atoms with E-state index < -0.39 is 4.92 Å². The van der Waals surface area contributed by atoms with Gasteiger partial charge in [-0.15, -0.1) is 0 Å². The number of imidazole rings is 1. The van der Waals surface area contributed by atoms with Crippen molar-refractivity contribution in [2.75, 3.05) is 5.32 Å². The molecule has 7 heteroatoms. The molecule has 102 valence electrons. The molecule has 1 aromatic heterocycles. The summed E-state index contributed by atoms with van der Waals surface area (Å²) in [6.45, 7) is 1.91. The lowest BCUT2D eigenvalue weighted by atomic mass is 10.1. The van der Waals surface area contributed by atoms with Gasteiger partial charge in [-0.2, -0.15) is 5.26 Å². The van der Waals surface area contributed by atoms with Crippen molar-refractivity contribution in [3.05, 3.63) is 52.1 Å². The number of anilines is 1. The predicted molar refractivity (Wildman–Crippen MR) is 73.1 cm³/mol. The smallest absolute Gasteiger partial charge is 0.270 e. The lowest BCUT2D eigenvalue weighted by Crippen LogP contribution is -2.12. The molecule has 1 unspecified atom stereocenters. The molecule has 1 aromatic carbocycles. The number of benzene rings is 1. The first-order valence-corrected chi connectivity index (χ1v) is 5.95. The molecule has 0 amide bonds. The van der Waals surface area contributed by atoms with E-state index in [1.807, 2.05) is 30.8 Å². The van der Waals surface area contributed by atoms with Crippen molar-refractivity contribution in [1.29, 1.82) is 5.26 Å². The summed E-state index contributed by atoms with van der Waals surface area (Å²) in [6, 6.07) is 6.00. The zero-order valence-corrected chi connectivity index (χ0v) is 11.1. The average molecular weight is 271 g/mol. The van der Waals surface area contributed by atoms with Crippen molar-refractivity contribution in [3.63, 3.8) is 0 Å². The Morgan fingerprint density at radius 2 is 2.30 bits per heavy atom. The molecule has 1 heterocycles. The van der Waals surface area contributed by atoms with Crippen LogP contribution in [-0.2, 0) is 7.05 Å². The normalized spacial score (nSPS) is 11.7. The highest BCUT2D eigenvalue weighted by Crippen LogP contribution is 2.25. The van der Waals surface area contributed by atoms with Gasteiger partial charge in [0.2, 0.25) is 0 Å². The summed E-state index contributed by atoms with van der Waals surface area (Å²) in [4.78, 5) is 14.4. The highest BCUT2D eigenvalue weighted by molar-refractivity contribution is 5.61. The van der Waals surface area contributed by atoms with Gasteiger partial charge in [0.15, 0.2) is 0 Å². The summed E-state index contributed by atoms with van der Waals surface area (Å²) < 4.78 is 1.87. The summed E-state index contributed by atoms with van der Waals surface area (Å²) >= 11 is 0. The first-order valence-electron chi connectivity index (χ1n) is 5.95. The van der Waals surface area contributed by atoms with E-state index in [1.165, 1.54) is 18.2 Å². The van der Waals surface area contributed by atoms with E-state index >= 15 is 0 Å². The number of nitrogens with zero attached hydrogens (tertiary/aromatic N) is 4. The van der Waals surface area contributed by atoms with Crippen molar-refractivity contribution in [1.82, 2.24) is 9.55 Å². The van der Waals surface area contributed by atoms with Crippen molar-refractivity contribution in [2.45, 2.75) is 13.0 Å². The Kier molecular flexibility index (Phi) is 3.66. The molecule has 0 saturated carbocycles. The molecule has 1 atom stereocenters. The zero-order chi connectivity index (χ0) is 14.7. The molecule has 0 aliphatic heterocycles. The quantitative estimate of drug-likeness (QED) is 0.680. The van der Waals surface area contributed by atoms with Crippen LogP contribution < -0.4 is 5.32 Å². The largest absolute Gasteiger partial charge is 0.374 e. The third kappa shape index (κ3) is 2.59. The summed E-state index contributed by atoms with van der Waals surface area (Å²) in [5.74, 6) is 0.812. The molecule has 0 aliphatic carbocycles. The first kappa shape index (κ1) is 13.5. The molecule has 0 bridgehead atoms. The van der Waals surface area contributed by atoms with Crippen molar-refractivity contribution < 1.29 is 4.92 Å². The van der Waals surface area contributed by atoms with Crippen LogP contribution in [0.2, 0.25) is 0 Å². The van der Waals surface area contributed by atoms with Crippen molar-refractivity contribution >= 4 is 11.4 Å². The third-order valence-electron chi connectivity index (χ3n) is 2.95. The number of hydrogen-bond acceptors (Lipinski definition) is 5. The molecule has 7 nitrogen and oxygen atoms in total. The Balaban J connectivity index is 2.28. The van der Waals surface area contributed by atoms with Crippen LogP contribution in [0.3, 0.4) is 0 Å². The molecule has 0 fully saturated rings. The topological polar surface area (TPSA) is 96.8 Å².